The smallest absolute Gasteiger partial charge is 0.295 e. The second-order valence-electron chi connectivity index (χ2n) is 4.86. The number of hydrogen-bond acceptors (Lipinski definition) is 6. The quantitative estimate of drug-likeness (QED) is 0.384. The molecule has 124 valence electrons. The summed E-state index contributed by atoms with van der Waals surface area (Å²) in [7, 11) is -4.25. The molecule has 0 saturated heterocycles. The van der Waals surface area contributed by atoms with Gasteiger partial charge in [0.2, 0.25) is 0 Å². The van der Waals surface area contributed by atoms with E-state index in [1.165, 1.54) is 31.2 Å². The first kappa shape index (κ1) is 17.5. The summed E-state index contributed by atoms with van der Waals surface area (Å²) in [5, 5.41) is 7.23. The lowest BCUT2D eigenvalue weighted by molar-refractivity contribution is -0.139. The van der Waals surface area contributed by atoms with Gasteiger partial charge in [0.15, 0.2) is 0 Å². The van der Waals surface area contributed by atoms with Gasteiger partial charge in [-0.15, -0.1) is 5.11 Å². The summed E-state index contributed by atoms with van der Waals surface area (Å²) in [6, 6.07) is 12.5. The summed E-state index contributed by atoms with van der Waals surface area (Å²) in [6.07, 6.45) is 0. The molecule has 0 aliphatic rings. The van der Waals surface area contributed by atoms with E-state index in [9.17, 15) is 13.2 Å². The number of benzene rings is 2. The highest BCUT2D eigenvalue weighted by Crippen LogP contribution is 2.31. The van der Waals surface area contributed by atoms with E-state index in [-0.39, 0.29) is 10.5 Å². The Morgan fingerprint density at radius 1 is 1.12 bits per heavy atom. The minimum Gasteiger partial charge on any atom is -0.295 e. The Bertz CT molecular complexity index is 902. The van der Waals surface area contributed by atoms with E-state index in [0.717, 1.165) is 0 Å². The molecule has 0 spiro atoms. The second-order valence-corrected chi connectivity index (χ2v) is 6.28. The lowest BCUT2D eigenvalue weighted by Crippen LogP contribution is -1.98. The summed E-state index contributed by atoms with van der Waals surface area (Å²) in [6.45, 7) is 4.92. The maximum absolute atomic E-state index is 11.3. The Balaban J connectivity index is 2.30. The molecule has 2 rings (SSSR count). The van der Waals surface area contributed by atoms with Crippen molar-refractivity contribution in [2.45, 2.75) is 11.8 Å². The van der Waals surface area contributed by atoms with E-state index in [4.69, 9.17) is 4.55 Å². The summed E-state index contributed by atoms with van der Waals surface area (Å²) in [5.74, 6) is -0.686. The molecule has 0 radical (unpaired) electrons. The molecule has 24 heavy (non-hydrogen) atoms. The average molecular weight is 346 g/mol. The largest absolute Gasteiger partial charge is 0.362 e. The SMILES string of the molecule is C=C(C)C(=O)ON=Nc1ccccc1-c1ccc(S(=O)(=O)O)cc1. The minimum atomic E-state index is -4.25. The highest BCUT2D eigenvalue weighted by molar-refractivity contribution is 7.85. The zero-order valence-electron chi connectivity index (χ0n) is 12.7. The Morgan fingerprint density at radius 3 is 2.33 bits per heavy atom. The first-order chi connectivity index (χ1) is 11.3. The molecule has 0 atom stereocenters. The predicted molar refractivity (Wildman–Crippen MR) is 87.1 cm³/mol. The van der Waals surface area contributed by atoms with Crippen LogP contribution >= 0.6 is 0 Å². The van der Waals surface area contributed by atoms with Gasteiger partial charge in [-0.1, -0.05) is 36.9 Å². The first-order valence-corrected chi connectivity index (χ1v) is 8.18. The van der Waals surface area contributed by atoms with Gasteiger partial charge in [0.1, 0.15) is 0 Å². The van der Waals surface area contributed by atoms with Crippen LogP contribution in [0.3, 0.4) is 0 Å². The van der Waals surface area contributed by atoms with Crippen molar-refractivity contribution in [2.24, 2.45) is 10.4 Å². The molecule has 8 heteroatoms. The lowest BCUT2D eigenvalue weighted by atomic mass is 10.0. The van der Waals surface area contributed by atoms with Gasteiger partial charge in [0.05, 0.1) is 10.6 Å². The molecule has 0 amide bonds. The third kappa shape index (κ3) is 4.34. The highest BCUT2D eigenvalue weighted by Gasteiger charge is 2.10. The fraction of sp³-hybridized carbons (Fsp3) is 0.0625. The van der Waals surface area contributed by atoms with E-state index >= 15 is 0 Å². The van der Waals surface area contributed by atoms with E-state index in [1.54, 1.807) is 24.3 Å². The van der Waals surface area contributed by atoms with Crippen LogP contribution in [0.1, 0.15) is 6.92 Å². The van der Waals surface area contributed by atoms with E-state index in [0.29, 0.717) is 16.8 Å². The number of carbonyl (C=O) groups excluding carboxylic acids is 1. The highest BCUT2D eigenvalue weighted by atomic mass is 32.2. The van der Waals surface area contributed by atoms with Crippen molar-refractivity contribution in [1.29, 1.82) is 0 Å². The Labute approximate surface area is 139 Å². The molecule has 0 bridgehead atoms. The van der Waals surface area contributed by atoms with E-state index < -0.39 is 16.1 Å². The molecule has 1 N–H and O–H groups in total. The predicted octanol–water partition coefficient (Wildman–Crippen LogP) is 3.72. The van der Waals surface area contributed by atoms with Crippen molar-refractivity contribution >= 4 is 21.8 Å². The number of rotatable bonds is 5. The molecule has 0 aromatic heterocycles. The molecule has 2 aromatic carbocycles. The van der Waals surface area contributed by atoms with Gasteiger partial charge in [-0.25, -0.2) is 4.79 Å². The molecular formula is C16H14N2O5S. The van der Waals surface area contributed by atoms with Crippen LogP contribution in [0.2, 0.25) is 0 Å². The molecule has 7 nitrogen and oxygen atoms in total. The molecule has 2 aromatic rings. The monoisotopic (exact) mass is 346 g/mol. The molecular weight excluding hydrogens is 332 g/mol. The molecule has 0 aliphatic heterocycles. The maximum atomic E-state index is 11.3. The second kappa shape index (κ2) is 7.16. The standard InChI is InChI=1S/C16H14N2O5S/c1-11(2)16(19)23-18-17-15-6-4-3-5-14(15)12-7-9-13(10-8-12)24(20,21)22/h3-10H,1H2,2H3,(H,20,21,22). The van der Waals surface area contributed by atoms with Gasteiger partial charge in [-0.05, 0) is 30.7 Å². The van der Waals surface area contributed by atoms with Crippen molar-refractivity contribution in [2.75, 3.05) is 0 Å². The molecule has 0 fully saturated rings. The maximum Gasteiger partial charge on any atom is 0.362 e. The summed E-state index contributed by atoms with van der Waals surface area (Å²) in [4.78, 5) is 15.6. The van der Waals surface area contributed by atoms with Crippen molar-refractivity contribution in [3.8, 4) is 11.1 Å². The zero-order chi connectivity index (χ0) is 17.7. The zero-order valence-corrected chi connectivity index (χ0v) is 13.5. The molecule has 0 heterocycles. The van der Waals surface area contributed by atoms with Crippen LogP contribution in [0.5, 0.6) is 0 Å². The Hall–Kier alpha value is -2.84. The van der Waals surface area contributed by atoms with Gasteiger partial charge < -0.3 is 0 Å². The van der Waals surface area contributed by atoms with Crippen molar-refractivity contribution in [3.63, 3.8) is 0 Å². The summed E-state index contributed by atoms with van der Waals surface area (Å²) < 4.78 is 31.1. The summed E-state index contributed by atoms with van der Waals surface area (Å²) >= 11 is 0. The normalized spacial score (nSPS) is 11.4. The van der Waals surface area contributed by atoms with Crippen LogP contribution in [0, 0.1) is 0 Å². The van der Waals surface area contributed by atoms with E-state index in [1.807, 2.05) is 0 Å². The van der Waals surface area contributed by atoms with E-state index in [2.05, 4.69) is 21.8 Å². The van der Waals surface area contributed by atoms with Crippen molar-refractivity contribution < 1.29 is 22.6 Å². The molecule has 0 unspecified atom stereocenters. The van der Waals surface area contributed by atoms with Crippen LogP contribution < -0.4 is 0 Å². The van der Waals surface area contributed by atoms with Gasteiger partial charge in [-0.2, -0.15) is 8.42 Å². The summed E-state index contributed by atoms with van der Waals surface area (Å²) in [5.41, 5.74) is 1.92. The van der Waals surface area contributed by atoms with Crippen molar-refractivity contribution in [3.05, 3.63) is 60.7 Å². The number of carbonyl (C=O) groups is 1. The molecule has 0 aliphatic carbocycles. The van der Waals surface area contributed by atoms with Gasteiger partial charge >= 0.3 is 5.97 Å². The van der Waals surface area contributed by atoms with Crippen LogP contribution in [0.25, 0.3) is 11.1 Å². The topological polar surface area (TPSA) is 105 Å². The van der Waals surface area contributed by atoms with Crippen LogP contribution in [-0.2, 0) is 19.8 Å². The molecule has 0 saturated carbocycles. The third-order valence-electron chi connectivity index (χ3n) is 2.99. The number of nitrogens with zero attached hydrogens (tertiary/aromatic N) is 2. The van der Waals surface area contributed by atoms with Crippen LogP contribution in [-0.4, -0.2) is 18.9 Å². The van der Waals surface area contributed by atoms with Crippen LogP contribution in [0.15, 0.2) is 76.0 Å². The Morgan fingerprint density at radius 2 is 1.75 bits per heavy atom. The fourth-order valence-corrected chi connectivity index (χ4v) is 2.27. The third-order valence-corrected chi connectivity index (χ3v) is 3.86. The Kier molecular flexibility index (Phi) is 5.22. The minimum absolute atomic E-state index is 0.197. The van der Waals surface area contributed by atoms with Gasteiger partial charge in [0.25, 0.3) is 10.1 Å². The lowest BCUT2D eigenvalue weighted by Gasteiger charge is -2.05. The fourth-order valence-electron chi connectivity index (χ4n) is 1.79. The van der Waals surface area contributed by atoms with Gasteiger partial charge in [0, 0.05) is 16.4 Å². The first-order valence-electron chi connectivity index (χ1n) is 6.74. The van der Waals surface area contributed by atoms with Crippen LogP contribution in [0.4, 0.5) is 5.69 Å². The number of hydrogen-bond donors (Lipinski definition) is 1. The van der Waals surface area contributed by atoms with Gasteiger partial charge in [-0.3, -0.25) is 9.39 Å². The van der Waals surface area contributed by atoms with Crippen molar-refractivity contribution in [1.82, 2.24) is 0 Å². The average Bonchev–Trinajstić information content (AvgIpc) is 2.54.